The van der Waals surface area contributed by atoms with Crippen LogP contribution in [0.4, 0.5) is 4.39 Å². The minimum atomic E-state index is -4.11. The molecule has 1 atom stereocenters. The summed E-state index contributed by atoms with van der Waals surface area (Å²) in [7, 11) is -4.11. The number of benzene rings is 1. The van der Waals surface area contributed by atoms with Crippen molar-refractivity contribution in [3.63, 3.8) is 0 Å². The number of carbonyl (C=O) groups is 1. The van der Waals surface area contributed by atoms with Gasteiger partial charge in [-0.3, -0.25) is 4.79 Å². The number of amides is 1. The van der Waals surface area contributed by atoms with Crippen molar-refractivity contribution < 1.29 is 22.3 Å². The summed E-state index contributed by atoms with van der Waals surface area (Å²) in [4.78, 5) is 10.8. The maximum atomic E-state index is 13.6. The predicted octanol–water partition coefficient (Wildman–Crippen LogP) is -0.299. The first-order chi connectivity index (χ1) is 8.94. The highest BCUT2D eigenvalue weighted by Crippen LogP contribution is 2.22. The third-order valence-electron chi connectivity index (χ3n) is 2.83. The van der Waals surface area contributed by atoms with Crippen LogP contribution in [0.15, 0.2) is 29.2 Å². The normalized spacial score (nSPS) is 21.2. The van der Waals surface area contributed by atoms with Crippen LogP contribution in [0.2, 0.25) is 0 Å². The summed E-state index contributed by atoms with van der Waals surface area (Å²) >= 11 is 0. The third-order valence-corrected chi connectivity index (χ3v) is 4.77. The minimum absolute atomic E-state index is 0.0374. The van der Waals surface area contributed by atoms with E-state index >= 15 is 0 Å². The van der Waals surface area contributed by atoms with Gasteiger partial charge in [0.25, 0.3) is 0 Å². The van der Waals surface area contributed by atoms with Crippen molar-refractivity contribution in [2.45, 2.75) is 10.9 Å². The molecule has 19 heavy (non-hydrogen) atoms. The Morgan fingerprint density at radius 1 is 1.42 bits per heavy atom. The molecule has 1 unspecified atom stereocenters. The Morgan fingerprint density at radius 2 is 2.11 bits per heavy atom. The van der Waals surface area contributed by atoms with Crippen LogP contribution in [0, 0.1) is 5.82 Å². The lowest BCUT2D eigenvalue weighted by molar-refractivity contribution is -0.125. The molecule has 1 aliphatic rings. The van der Waals surface area contributed by atoms with Gasteiger partial charge in [0, 0.05) is 6.54 Å². The van der Waals surface area contributed by atoms with Gasteiger partial charge >= 0.3 is 0 Å². The number of hydrogen-bond donors (Lipinski definition) is 1. The van der Waals surface area contributed by atoms with E-state index in [4.69, 9.17) is 10.5 Å². The van der Waals surface area contributed by atoms with Gasteiger partial charge in [-0.15, -0.1) is 0 Å². The van der Waals surface area contributed by atoms with Crippen LogP contribution in [0.5, 0.6) is 0 Å². The van der Waals surface area contributed by atoms with Crippen molar-refractivity contribution in [1.82, 2.24) is 4.31 Å². The Kier molecular flexibility index (Phi) is 3.83. The van der Waals surface area contributed by atoms with Crippen molar-refractivity contribution in [1.29, 1.82) is 0 Å². The highest BCUT2D eigenvalue weighted by molar-refractivity contribution is 7.89. The van der Waals surface area contributed by atoms with Gasteiger partial charge in [-0.05, 0) is 12.1 Å². The molecule has 1 aromatic rings. The molecule has 6 nitrogen and oxygen atoms in total. The predicted molar refractivity (Wildman–Crippen MR) is 64.1 cm³/mol. The lowest BCUT2D eigenvalue weighted by Gasteiger charge is -2.32. The van der Waals surface area contributed by atoms with E-state index in [0.717, 1.165) is 16.4 Å². The number of sulfonamides is 1. The van der Waals surface area contributed by atoms with Crippen molar-refractivity contribution in [2.24, 2.45) is 5.73 Å². The average Bonchev–Trinajstić information content (AvgIpc) is 2.39. The number of primary amides is 1. The molecule has 1 fully saturated rings. The zero-order valence-corrected chi connectivity index (χ0v) is 10.8. The molecule has 1 aliphatic heterocycles. The zero-order valence-electron chi connectivity index (χ0n) is 9.95. The molecule has 1 aromatic carbocycles. The van der Waals surface area contributed by atoms with Crippen LogP contribution < -0.4 is 5.73 Å². The molecule has 2 rings (SSSR count). The Hall–Kier alpha value is -1.51. The Morgan fingerprint density at radius 3 is 2.74 bits per heavy atom. The number of halogens is 1. The number of nitrogens with two attached hydrogens (primary N) is 1. The van der Waals surface area contributed by atoms with E-state index in [1.807, 2.05) is 0 Å². The quantitative estimate of drug-likeness (QED) is 0.827. The fourth-order valence-corrected chi connectivity index (χ4v) is 3.51. The highest BCUT2D eigenvalue weighted by Gasteiger charge is 2.38. The van der Waals surface area contributed by atoms with E-state index in [9.17, 15) is 17.6 Å². The summed E-state index contributed by atoms with van der Waals surface area (Å²) in [6.45, 7) is -0.0231. The van der Waals surface area contributed by atoms with Crippen LogP contribution in [0.1, 0.15) is 0 Å². The van der Waals surface area contributed by atoms with Crippen LogP contribution in [0.25, 0.3) is 0 Å². The second-order valence-corrected chi connectivity index (χ2v) is 5.90. The van der Waals surface area contributed by atoms with Gasteiger partial charge < -0.3 is 10.5 Å². The Balaban J connectivity index is 2.43. The monoisotopic (exact) mass is 288 g/mol. The number of morpholine rings is 1. The van der Waals surface area contributed by atoms with Crippen molar-refractivity contribution in [2.75, 3.05) is 19.8 Å². The minimum Gasteiger partial charge on any atom is -0.378 e. The first kappa shape index (κ1) is 13.9. The topological polar surface area (TPSA) is 89.7 Å². The van der Waals surface area contributed by atoms with Gasteiger partial charge in [0.15, 0.2) is 0 Å². The molecule has 8 heteroatoms. The fraction of sp³-hybridized carbons (Fsp3) is 0.364. The van der Waals surface area contributed by atoms with Crippen molar-refractivity contribution >= 4 is 15.9 Å². The van der Waals surface area contributed by atoms with Gasteiger partial charge in [-0.1, -0.05) is 12.1 Å². The third kappa shape index (κ3) is 2.60. The Bertz CT molecular complexity index is 590. The van der Waals surface area contributed by atoms with Gasteiger partial charge in [0.2, 0.25) is 15.9 Å². The molecule has 0 spiro atoms. The largest absolute Gasteiger partial charge is 0.378 e. The van der Waals surface area contributed by atoms with E-state index in [-0.39, 0.29) is 19.8 Å². The van der Waals surface area contributed by atoms with Crippen molar-refractivity contribution in [3.05, 3.63) is 30.1 Å². The molecule has 2 N–H and O–H groups in total. The van der Waals surface area contributed by atoms with Crippen LogP contribution in [-0.2, 0) is 19.6 Å². The summed E-state index contributed by atoms with van der Waals surface area (Å²) < 4.78 is 44.2. The van der Waals surface area contributed by atoms with Gasteiger partial charge in [0.05, 0.1) is 13.2 Å². The number of carbonyl (C=O) groups excluding carboxylic acids is 1. The molecular formula is C11H13FN2O4S. The Labute approximate surface area is 110 Å². The number of hydrogen-bond acceptors (Lipinski definition) is 4. The summed E-state index contributed by atoms with van der Waals surface area (Å²) in [6.07, 6.45) is 0. The molecule has 0 bridgehead atoms. The molecule has 1 amide bonds. The standard InChI is InChI=1S/C11H13FN2O4S/c12-8-3-1-2-4-10(8)19(16,17)14-5-6-18-7-9(14)11(13)15/h1-4,9H,5-7H2,(H2,13,15). The van der Waals surface area contributed by atoms with Crippen LogP contribution in [0.3, 0.4) is 0 Å². The lowest BCUT2D eigenvalue weighted by Crippen LogP contribution is -2.54. The van der Waals surface area contributed by atoms with E-state index in [1.165, 1.54) is 12.1 Å². The molecule has 104 valence electrons. The van der Waals surface area contributed by atoms with Gasteiger partial charge in [0.1, 0.15) is 16.8 Å². The second-order valence-electron chi connectivity index (χ2n) is 4.04. The summed E-state index contributed by atoms with van der Waals surface area (Å²) in [6, 6.07) is 3.89. The lowest BCUT2D eigenvalue weighted by atomic mass is 10.3. The molecule has 0 radical (unpaired) electrons. The molecule has 1 saturated heterocycles. The van der Waals surface area contributed by atoms with Crippen molar-refractivity contribution in [3.8, 4) is 0 Å². The zero-order chi connectivity index (χ0) is 14.0. The van der Waals surface area contributed by atoms with Gasteiger partial charge in [-0.2, -0.15) is 4.31 Å². The molecule has 1 heterocycles. The maximum Gasteiger partial charge on any atom is 0.246 e. The van der Waals surface area contributed by atoms with Crippen LogP contribution in [-0.4, -0.2) is 44.4 Å². The van der Waals surface area contributed by atoms with Crippen LogP contribution >= 0.6 is 0 Å². The molecule has 0 aromatic heterocycles. The highest BCUT2D eigenvalue weighted by atomic mass is 32.2. The number of nitrogens with zero attached hydrogens (tertiary/aromatic N) is 1. The smallest absolute Gasteiger partial charge is 0.246 e. The van der Waals surface area contributed by atoms with E-state index in [1.54, 1.807) is 0 Å². The van der Waals surface area contributed by atoms with E-state index < -0.39 is 32.7 Å². The van der Waals surface area contributed by atoms with E-state index in [2.05, 4.69) is 0 Å². The first-order valence-corrected chi connectivity index (χ1v) is 7.02. The number of ether oxygens (including phenoxy) is 1. The first-order valence-electron chi connectivity index (χ1n) is 5.58. The number of rotatable bonds is 3. The SMILES string of the molecule is NC(=O)C1COCCN1S(=O)(=O)c1ccccc1F. The molecule has 0 saturated carbocycles. The summed E-state index contributed by atoms with van der Waals surface area (Å²) in [5.41, 5.74) is 5.15. The van der Waals surface area contributed by atoms with Gasteiger partial charge in [-0.25, -0.2) is 12.8 Å². The molecular weight excluding hydrogens is 275 g/mol. The van der Waals surface area contributed by atoms with E-state index in [0.29, 0.717) is 0 Å². The average molecular weight is 288 g/mol. The molecule has 0 aliphatic carbocycles. The fourth-order valence-electron chi connectivity index (χ4n) is 1.88. The summed E-state index contributed by atoms with van der Waals surface area (Å²) in [5.74, 6) is -1.68. The summed E-state index contributed by atoms with van der Waals surface area (Å²) in [5, 5.41) is 0. The maximum absolute atomic E-state index is 13.6. The second kappa shape index (κ2) is 5.24.